The molecule has 21 heavy (non-hydrogen) atoms. The lowest BCUT2D eigenvalue weighted by Gasteiger charge is -2.12. The van der Waals surface area contributed by atoms with Crippen LogP contribution in [0.3, 0.4) is 0 Å². The van der Waals surface area contributed by atoms with Crippen LogP contribution in [0.5, 0.6) is 0 Å². The largest absolute Gasteiger partial charge is 0.461 e. The number of hydrogen-bond donors (Lipinski definition) is 0. The maximum absolute atomic E-state index is 12.3. The van der Waals surface area contributed by atoms with Gasteiger partial charge in [-0.2, -0.15) is 0 Å². The minimum atomic E-state index is -0.0819. The Morgan fingerprint density at radius 2 is 1.62 bits per heavy atom. The molecule has 0 spiro atoms. The second kappa shape index (κ2) is 5.45. The van der Waals surface area contributed by atoms with Gasteiger partial charge in [0.15, 0.2) is 0 Å². The minimum Gasteiger partial charge on any atom is -0.461 e. The quantitative estimate of drug-likeness (QED) is 0.772. The molecule has 0 heterocycles. The minimum absolute atomic E-state index is 0.00698. The molecule has 1 fully saturated rings. The first-order valence-electron chi connectivity index (χ1n) is 7.46. The molecule has 0 radical (unpaired) electrons. The molecule has 0 amide bonds. The van der Waals surface area contributed by atoms with Crippen molar-refractivity contribution in [3.63, 3.8) is 0 Å². The number of carbonyl (C=O) groups excluding carboxylic acids is 1. The molecule has 1 aromatic carbocycles. The summed E-state index contributed by atoms with van der Waals surface area (Å²) in [5.41, 5.74) is 3.38. The van der Waals surface area contributed by atoms with Crippen molar-refractivity contribution < 1.29 is 14.3 Å². The number of ether oxygens (including phenoxy) is 2. The van der Waals surface area contributed by atoms with E-state index in [1.807, 2.05) is 25.1 Å². The third-order valence-electron chi connectivity index (χ3n) is 5.48. The molecular formula is C18H26O3. The Morgan fingerprint density at radius 3 is 2.10 bits per heavy atom. The molecule has 0 aliphatic heterocycles. The van der Waals surface area contributed by atoms with Crippen LogP contribution < -0.4 is 0 Å². The molecule has 0 atom stereocenters. The van der Waals surface area contributed by atoms with Gasteiger partial charge in [-0.3, -0.25) is 4.79 Å². The van der Waals surface area contributed by atoms with Crippen molar-refractivity contribution in [1.82, 2.24) is 0 Å². The number of carbonyl (C=O) groups is 1. The summed E-state index contributed by atoms with van der Waals surface area (Å²) in [6, 6.07) is 6.03. The van der Waals surface area contributed by atoms with Gasteiger partial charge in [0, 0.05) is 7.11 Å². The van der Waals surface area contributed by atoms with Crippen LogP contribution in [0, 0.1) is 23.7 Å². The van der Waals surface area contributed by atoms with Crippen LogP contribution in [0.1, 0.15) is 44.4 Å². The van der Waals surface area contributed by atoms with E-state index >= 15 is 0 Å². The van der Waals surface area contributed by atoms with Crippen molar-refractivity contribution in [2.75, 3.05) is 7.11 Å². The molecule has 0 aromatic heterocycles. The van der Waals surface area contributed by atoms with Crippen LogP contribution in [0.15, 0.2) is 18.2 Å². The molecule has 0 bridgehead atoms. The van der Waals surface area contributed by atoms with E-state index in [1.54, 1.807) is 7.11 Å². The first-order valence-corrected chi connectivity index (χ1v) is 7.46. The topological polar surface area (TPSA) is 35.5 Å². The van der Waals surface area contributed by atoms with E-state index < -0.39 is 0 Å². The fraction of sp³-hybridized carbons (Fsp3) is 0.611. The molecule has 0 unspecified atom stereocenters. The first kappa shape index (κ1) is 16.0. The van der Waals surface area contributed by atoms with Crippen LogP contribution in [0.25, 0.3) is 0 Å². The molecular weight excluding hydrogens is 264 g/mol. The number of rotatable bonds is 5. The van der Waals surface area contributed by atoms with Gasteiger partial charge in [-0.05, 0) is 34.4 Å². The molecule has 0 saturated heterocycles. The summed E-state index contributed by atoms with van der Waals surface area (Å²) in [5, 5.41) is 0. The zero-order valence-corrected chi connectivity index (χ0v) is 13.9. The lowest BCUT2D eigenvalue weighted by atomic mass is 10.0. The Morgan fingerprint density at radius 1 is 1.10 bits per heavy atom. The van der Waals surface area contributed by atoms with Gasteiger partial charge in [-0.25, -0.2) is 0 Å². The Hall–Kier alpha value is -1.35. The maximum Gasteiger partial charge on any atom is 0.310 e. The molecule has 1 aromatic rings. The van der Waals surface area contributed by atoms with Crippen LogP contribution >= 0.6 is 0 Å². The summed E-state index contributed by atoms with van der Waals surface area (Å²) in [6.45, 7) is 11.5. The molecule has 1 saturated carbocycles. The van der Waals surface area contributed by atoms with E-state index in [9.17, 15) is 4.79 Å². The van der Waals surface area contributed by atoms with Crippen LogP contribution in [-0.2, 0) is 27.5 Å². The van der Waals surface area contributed by atoms with Crippen molar-refractivity contribution in [3.8, 4) is 0 Å². The van der Waals surface area contributed by atoms with Gasteiger partial charge in [-0.15, -0.1) is 0 Å². The lowest BCUT2D eigenvalue weighted by molar-refractivity contribution is -0.148. The van der Waals surface area contributed by atoms with Gasteiger partial charge in [0.25, 0.3) is 0 Å². The first-order chi connectivity index (χ1) is 9.73. The predicted octanol–water partition coefficient (Wildman–Crippen LogP) is 3.87. The van der Waals surface area contributed by atoms with Gasteiger partial charge in [-0.1, -0.05) is 45.9 Å². The summed E-state index contributed by atoms with van der Waals surface area (Å²) >= 11 is 0. The van der Waals surface area contributed by atoms with E-state index in [1.165, 1.54) is 0 Å². The second-order valence-electron chi connectivity index (χ2n) is 7.12. The second-order valence-corrected chi connectivity index (χ2v) is 7.12. The van der Waals surface area contributed by atoms with Crippen molar-refractivity contribution in [1.29, 1.82) is 0 Å². The van der Waals surface area contributed by atoms with Gasteiger partial charge >= 0.3 is 5.97 Å². The summed E-state index contributed by atoms with van der Waals surface area (Å²) in [5.74, 6) is -0.0889. The summed E-state index contributed by atoms with van der Waals surface area (Å²) in [7, 11) is 1.68. The molecule has 3 nitrogen and oxygen atoms in total. The van der Waals surface area contributed by atoms with Crippen LogP contribution in [0.2, 0.25) is 0 Å². The molecule has 2 rings (SSSR count). The van der Waals surface area contributed by atoms with Gasteiger partial charge in [0.2, 0.25) is 0 Å². The SMILES string of the molecule is COCc1cccc(COC(=O)C2C(C)(C)C2(C)C)c1C. The number of hydrogen-bond acceptors (Lipinski definition) is 3. The molecule has 3 heteroatoms. The Balaban J connectivity index is 2.02. The highest BCUT2D eigenvalue weighted by Crippen LogP contribution is 2.68. The van der Waals surface area contributed by atoms with E-state index in [4.69, 9.17) is 9.47 Å². The maximum atomic E-state index is 12.3. The van der Waals surface area contributed by atoms with Gasteiger partial charge in [0.05, 0.1) is 12.5 Å². The summed E-state index contributed by atoms with van der Waals surface area (Å²) in [6.07, 6.45) is 0. The molecule has 0 N–H and O–H groups in total. The normalized spacial score (nSPS) is 19.3. The number of benzene rings is 1. The fourth-order valence-electron chi connectivity index (χ4n) is 3.22. The third-order valence-corrected chi connectivity index (χ3v) is 5.48. The van der Waals surface area contributed by atoms with Crippen molar-refractivity contribution >= 4 is 5.97 Å². The molecule has 1 aliphatic carbocycles. The standard InChI is InChI=1S/C18H26O3/c1-12-13(10-20-6)8-7-9-14(12)11-21-16(19)15-17(2,3)18(15,4)5/h7-9,15H,10-11H2,1-6H3. The van der Waals surface area contributed by atoms with Gasteiger partial charge in [0.1, 0.15) is 6.61 Å². The van der Waals surface area contributed by atoms with Crippen molar-refractivity contribution in [2.45, 2.75) is 47.8 Å². The summed E-state index contributed by atoms with van der Waals surface area (Å²) in [4.78, 5) is 12.3. The zero-order valence-electron chi connectivity index (χ0n) is 13.9. The molecule has 116 valence electrons. The monoisotopic (exact) mass is 290 g/mol. The van der Waals surface area contributed by atoms with Gasteiger partial charge < -0.3 is 9.47 Å². The average molecular weight is 290 g/mol. The summed E-state index contributed by atoms with van der Waals surface area (Å²) < 4.78 is 10.7. The number of esters is 1. The van der Waals surface area contributed by atoms with E-state index in [0.29, 0.717) is 13.2 Å². The number of methoxy groups -OCH3 is 1. The Kier molecular flexibility index (Phi) is 4.16. The highest BCUT2D eigenvalue weighted by Gasteiger charge is 2.69. The van der Waals surface area contributed by atoms with Crippen LogP contribution in [-0.4, -0.2) is 13.1 Å². The Bertz CT molecular complexity index is 529. The average Bonchev–Trinajstić information content (AvgIpc) is 2.81. The zero-order chi connectivity index (χ0) is 15.8. The van der Waals surface area contributed by atoms with Crippen molar-refractivity contribution in [3.05, 3.63) is 34.9 Å². The van der Waals surface area contributed by atoms with Crippen LogP contribution in [0.4, 0.5) is 0 Å². The smallest absolute Gasteiger partial charge is 0.310 e. The third kappa shape index (κ3) is 2.71. The lowest BCUT2D eigenvalue weighted by Crippen LogP contribution is -2.12. The van der Waals surface area contributed by atoms with E-state index in [-0.39, 0.29) is 22.7 Å². The highest BCUT2D eigenvalue weighted by atomic mass is 16.5. The molecule has 1 aliphatic rings. The predicted molar refractivity (Wildman–Crippen MR) is 82.7 cm³/mol. The van der Waals surface area contributed by atoms with Crippen molar-refractivity contribution in [2.24, 2.45) is 16.7 Å². The van der Waals surface area contributed by atoms with E-state index in [2.05, 4.69) is 27.7 Å². The van der Waals surface area contributed by atoms with E-state index in [0.717, 1.165) is 16.7 Å². The fourth-order valence-corrected chi connectivity index (χ4v) is 3.22. The Labute approximate surface area is 127 Å². The highest BCUT2D eigenvalue weighted by molar-refractivity contribution is 5.78.